The fraction of sp³-hybridized carbons (Fsp3) is 0.300. The van der Waals surface area contributed by atoms with Crippen LogP contribution in [0.5, 0.6) is 0 Å². The van der Waals surface area contributed by atoms with Gasteiger partial charge in [0.15, 0.2) is 17.5 Å². The Hall–Kier alpha value is -3.00. The fourth-order valence-corrected chi connectivity index (χ4v) is 3.51. The van der Waals surface area contributed by atoms with Crippen LogP contribution in [0, 0.1) is 11.6 Å². The van der Waals surface area contributed by atoms with E-state index in [-0.39, 0.29) is 11.5 Å². The molecule has 3 aromatic rings. The molecule has 0 unspecified atom stereocenters. The van der Waals surface area contributed by atoms with E-state index in [0.717, 1.165) is 43.3 Å². The van der Waals surface area contributed by atoms with Gasteiger partial charge in [-0.25, -0.2) is 18.7 Å². The molecule has 2 aromatic heterocycles. The summed E-state index contributed by atoms with van der Waals surface area (Å²) in [7, 11) is 0. The minimum atomic E-state index is -0.832. The molecular formula is C20H19F2N5O. The maximum atomic E-state index is 13.4. The van der Waals surface area contributed by atoms with Crippen molar-refractivity contribution in [3.8, 4) is 11.5 Å². The molecule has 0 radical (unpaired) electrons. The smallest absolute Gasteiger partial charge is 0.251 e. The Morgan fingerprint density at radius 3 is 2.64 bits per heavy atom. The van der Waals surface area contributed by atoms with Crippen molar-refractivity contribution in [3.05, 3.63) is 76.1 Å². The maximum Gasteiger partial charge on any atom is 0.251 e. The van der Waals surface area contributed by atoms with E-state index >= 15 is 0 Å². The van der Waals surface area contributed by atoms with Gasteiger partial charge >= 0.3 is 0 Å². The van der Waals surface area contributed by atoms with Crippen LogP contribution in [0.25, 0.3) is 11.5 Å². The van der Waals surface area contributed by atoms with Crippen LogP contribution in [0.2, 0.25) is 0 Å². The third kappa shape index (κ3) is 4.12. The highest BCUT2D eigenvalue weighted by molar-refractivity contribution is 5.46. The first-order chi connectivity index (χ1) is 13.6. The lowest BCUT2D eigenvalue weighted by atomic mass is 9.93. The Labute approximate surface area is 160 Å². The van der Waals surface area contributed by atoms with Crippen molar-refractivity contribution in [3.63, 3.8) is 0 Å². The normalized spacial score (nSPS) is 15.6. The van der Waals surface area contributed by atoms with Crippen LogP contribution in [0.15, 0.2) is 47.7 Å². The van der Waals surface area contributed by atoms with Gasteiger partial charge in [0.05, 0.1) is 11.9 Å². The number of nitrogens with one attached hydrogen (secondary N) is 1. The van der Waals surface area contributed by atoms with Crippen LogP contribution in [-0.2, 0) is 6.54 Å². The van der Waals surface area contributed by atoms with E-state index in [1.54, 1.807) is 24.7 Å². The predicted molar refractivity (Wildman–Crippen MR) is 99.5 cm³/mol. The Morgan fingerprint density at radius 2 is 1.93 bits per heavy atom. The van der Waals surface area contributed by atoms with Gasteiger partial charge in [0, 0.05) is 30.9 Å². The van der Waals surface area contributed by atoms with Gasteiger partial charge in [-0.3, -0.25) is 14.7 Å². The zero-order chi connectivity index (χ0) is 19.5. The second-order valence-electron chi connectivity index (χ2n) is 6.91. The number of H-pyrrole nitrogens is 1. The van der Waals surface area contributed by atoms with Crippen LogP contribution in [0.3, 0.4) is 0 Å². The average Bonchev–Trinajstić information content (AvgIpc) is 2.71. The molecule has 0 amide bonds. The van der Waals surface area contributed by atoms with Crippen LogP contribution >= 0.6 is 0 Å². The zero-order valence-electron chi connectivity index (χ0n) is 15.1. The van der Waals surface area contributed by atoms with E-state index in [1.165, 1.54) is 12.1 Å². The number of halogens is 2. The Kier molecular flexibility index (Phi) is 5.21. The van der Waals surface area contributed by atoms with Gasteiger partial charge in [0.2, 0.25) is 0 Å². The highest BCUT2D eigenvalue weighted by Crippen LogP contribution is 2.27. The van der Waals surface area contributed by atoms with Gasteiger partial charge in [-0.1, -0.05) is 6.07 Å². The predicted octanol–water partition coefficient (Wildman–Crippen LogP) is 2.88. The lowest BCUT2D eigenvalue weighted by Gasteiger charge is -2.31. The summed E-state index contributed by atoms with van der Waals surface area (Å²) in [6.07, 6.45) is 6.35. The number of aromatic nitrogens is 4. The van der Waals surface area contributed by atoms with Gasteiger partial charge in [-0.2, -0.15) is 0 Å². The van der Waals surface area contributed by atoms with Crippen LogP contribution in [-0.4, -0.2) is 37.9 Å². The van der Waals surface area contributed by atoms with Crippen molar-refractivity contribution in [1.29, 1.82) is 0 Å². The molecule has 28 heavy (non-hydrogen) atoms. The lowest BCUT2D eigenvalue weighted by Crippen LogP contribution is -2.33. The van der Waals surface area contributed by atoms with Gasteiger partial charge in [-0.05, 0) is 43.6 Å². The third-order valence-electron chi connectivity index (χ3n) is 4.96. The fourth-order valence-electron chi connectivity index (χ4n) is 3.51. The maximum absolute atomic E-state index is 13.4. The zero-order valence-corrected chi connectivity index (χ0v) is 15.1. The number of aromatic amines is 1. The largest absolute Gasteiger partial charge is 0.305 e. The molecule has 1 fully saturated rings. The van der Waals surface area contributed by atoms with Crippen molar-refractivity contribution in [2.24, 2.45) is 0 Å². The van der Waals surface area contributed by atoms with Crippen molar-refractivity contribution < 1.29 is 8.78 Å². The summed E-state index contributed by atoms with van der Waals surface area (Å²) in [5.74, 6) is -1.07. The van der Waals surface area contributed by atoms with Crippen molar-refractivity contribution >= 4 is 0 Å². The summed E-state index contributed by atoms with van der Waals surface area (Å²) >= 11 is 0. The first-order valence-corrected chi connectivity index (χ1v) is 9.12. The molecule has 0 spiro atoms. The molecule has 0 bridgehead atoms. The Bertz CT molecular complexity index is 1020. The number of nitrogens with zero attached hydrogens (tertiary/aromatic N) is 4. The van der Waals surface area contributed by atoms with E-state index in [4.69, 9.17) is 0 Å². The summed E-state index contributed by atoms with van der Waals surface area (Å²) in [6, 6.07) is 5.55. The molecule has 1 N–H and O–H groups in total. The first kappa shape index (κ1) is 18.4. The summed E-state index contributed by atoms with van der Waals surface area (Å²) in [5, 5.41) is 0. The van der Waals surface area contributed by atoms with Gasteiger partial charge in [-0.15, -0.1) is 0 Å². The van der Waals surface area contributed by atoms with Crippen molar-refractivity contribution in [2.75, 3.05) is 13.1 Å². The Balaban J connectivity index is 1.44. The number of hydrogen-bond acceptors (Lipinski definition) is 5. The summed E-state index contributed by atoms with van der Waals surface area (Å²) in [4.78, 5) is 29.8. The van der Waals surface area contributed by atoms with Gasteiger partial charge in [0.1, 0.15) is 5.69 Å². The number of rotatable bonds is 4. The standard InChI is InChI=1S/C20H19F2N5O/c21-15-2-1-13(9-16(15)22)12-27-7-3-14(4-8-27)17-10-19(28)26-20(25-17)18-11-23-5-6-24-18/h1-2,5-6,9-11,14H,3-4,7-8,12H2,(H,25,26,28). The first-order valence-electron chi connectivity index (χ1n) is 9.12. The summed E-state index contributed by atoms with van der Waals surface area (Å²) < 4.78 is 26.5. The average molecular weight is 383 g/mol. The highest BCUT2D eigenvalue weighted by Gasteiger charge is 2.23. The number of likely N-dealkylation sites (tertiary alicyclic amines) is 1. The van der Waals surface area contributed by atoms with Crippen LogP contribution < -0.4 is 5.56 Å². The number of piperidine rings is 1. The van der Waals surface area contributed by atoms with Crippen LogP contribution in [0.4, 0.5) is 8.78 Å². The van der Waals surface area contributed by atoms with Gasteiger partial charge < -0.3 is 4.98 Å². The lowest BCUT2D eigenvalue weighted by molar-refractivity contribution is 0.203. The van der Waals surface area contributed by atoms with Gasteiger partial charge in [0.25, 0.3) is 5.56 Å². The number of benzene rings is 1. The molecule has 3 heterocycles. The molecule has 0 aliphatic carbocycles. The molecule has 8 heteroatoms. The highest BCUT2D eigenvalue weighted by atomic mass is 19.2. The van der Waals surface area contributed by atoms with E-state index in [2.05, 4.69) is 24.8 Å². The molecule has 0 atom stereocenters. The minimum absolute atomic E-state index is 0.166. The molecule has 144 valence electrons. The van der Waals surface area contributed by atoms with Crippen molar-refractivity contribution in [2.45, 2.75) is 25.3 Å². The molecule has 1 aliphatic heterocycles. The topological polar surface area (TPSA) is 74.8 Å². The molecular weight excluding hydrogens is 364 g/mol. The van der Waals surface area contributed by atoms with E-state index in [9.17, 15) is 13.6 Å². The Morgan fingerprint density at radius 1 is 1.11 bits per heavy atom. The molecule has 0 saturated carbocycles. The SMILES string of the molecule is O=c1cc(C2CCN(Cc3ccc(F)c(F)c3)CC2)nc(-c2cnccn2)[nH]1. The monoisotopic (exact) mass is 383 g/mol. The second kappa shape index (κ2) is 7.93. The van der Waals surface area contributed by atoms with Crippen molar-refractivity contribution in [1.82, 2.24) is 24.8 Å². The number of hydrogen-bond donors (Lipinski definition) is 1. The van der Waals surface area contributed by atoms with E-state index in [1.807, 2.05) is 0 Å². The quantitative estimate of drug-likeness (QED) is 0.750. The third-order valence-corrected chi connectivity index (χ3v) is 4.96. The minimum Gasteiger partial charge on any atom is -0.305 e. The second-order valence-corrected chi connectivity index (χ2v) is 6.91. The molecule has 6 nitrogen and oxygen atoms in total. The van der Waals surface area contributed by atoms with E-state index in [0.29, 0.717) is 18.1 Å². The molecule has 1 aliphatic rings. The molecule has 4 rings (SSSR count). The summed E-state index contributed by atoms with van der Waals surface area (Å²) in [6.45, 7) is 2.15. The summed E-state index contributed by atoms with van der Waals surface area (Å²) in [5.41, 5.74) is 1.81. The van der Waals surface area contributed by atoms with Crippen LogP contribution in [0.1, 0.15) is 30.0 Å². The van der Waals surface area contributed by atoms with E-state index < -0.39 is 11.6 Å². The molecule has 1 saturated heterocycles. The molecule has 1 aromatic carbocycles.